The van der Waals surface area contributed by atoms with Crippen molar-refractivity contribution in [3.05, 3.63) is 75.4 Å². The van der Waals surface area contributed by atoms with Crippen molar-refractivity contribution in [1.82, 2.24) is 0 Å². The number of hydrogen-bond acceptors (Lipinski definition) is 7. The lowest BCUT2D eigenvalue weighted by Crippen LogP contribution is -2.36. The maximum atomic E-state index is 13.2. The second kappa shape index (κ2) is 8.22. The van der Waals surface area contributed by atoms with Gasteiger partial charge in [-0.05, 0) is 32.9 Å². The number of nitrogens with zero attached hydrogens (tertiary/aromatic N) is 2. The third-order valence-corrected chi connectivity index (χ3v) is 4.83. The number of furan rings is 1. The second-order valence-electron chi connectivity index (χ2n) is 6.58. The Bertz CT molecular complexity index is 1020. The predicted octanol–water partition coefficient (Wildman–Crippen LogP) is 4.08. The Morgan fingerprint density at radius 1 is 1.21 bits per heavy atom. The molecule has 2 heterocycles. The molecule has 29 heavy (non-hydrogen) atoms. The molecule has 2 unspecified atom stereocenters. The first-order chi connectivity index (χ1) is 13.9. The van der Waals surface area contributed by atoms with Gasteiger partial charge in [-0.3, -0.25) is 24.7 Å². The average molecular weight is 396 g/mol. The van der Waals surface area contributed by atoms with E-state index in [1.54, 1.807) is 39.0 Å². The van der Waals surface area contributed by atoms with Crippen molar-refractivity contribution >= 4 is 23.2 Å². The Labute approximate surface area is 167 Å². The van der Waals surface area contributed by atoms with Crippen LogP contribution in [-0.2, 0) is 9.53 Å². The van der Waals surface area contributed by atoms with Gasteiger partial charge in [0.1, 0.15) is 5.92 Å². The van der Waals surface area contributed by atoms with Gasteiger partial charge in [-0.1, -0.05) is 18.2 Å². The molecule has 0 amide bonds. The molecular formula is C21H20N2O6. The molecule has 0 spiro atoms. The third-order valence-electron chi connectivity index (χ3n) is 4.83. The van der Waals surface area contributed by atoms with Crippen molar-refractivity contribution in [3.63, 3.8) is 0 Å². The summed E-state index contributed by atoms with van der Waals surface area (Å²) in [5, 5.41) is 11.7. The minimum atomic E-state index is -0.964. The van der Waals surface area contributed by atoms with Crippen molar-refractivity contribution in [1.29, 1.82) is 0 Å². The standard InChI is InChI=1S/C21H20N2O6/c1-4-28-21(25)18-13(3)22-12(2)17(20(24)16-10-7-11-29-16)19(18)14-8-5-6-9-15(14)23(26)27/h5-11,18-19H,4H2,1-3H3. The van der Waals surface area contributed by atoms with Crippen LogP contribution in [0.5, 0.6) is 0 Å². The maximum Gasteiger partial charge on any atom is 0.315 e. The molecule has 1 aromatic heterocycles. The summed E-state index contributed by atoms with van der Waals surface area (Å²) in [5.41, 5.74) is 1.06. The number of allylic oxidation sites excluding steroid dienone is 2. The van der Waals surface area contributed by atoms with E-state index in [0.717, 1.165) is 0 Å². The van der Waals surface area contributed by atoms with Gasteiger partial charge in [-0.2, -0.15) is 0 Å². The Morgan fingerprint density at radius 2 is 1.93 bits per heavy atom. The first-order valence-corrected chi connectivity index (χ1v) is 9.10. The fourth-order valence-electron chi connectivity index (χ4n) is 3.66. The smallest absolute Gasteiger partial charge is 0.315 e. The maximum absolute atomic E-state index is 13.2. The summed E-state index contributed by atoms with van der Waals surface area (Å²) in [6, 6.07) is 9.15. The SMILES string of the molecule is CCOC(=O)C1C(C)=NC(C)=C(C(=O)c2ccco2)C1c1ccccc1[N+](=O)[O-]. The molecule has 150 valence electrons. The summed E-state index contributed by atoms with van der Waals surface area (Å²) in [6.45, 7) is 5.10. The first-order valence-electron chi connectivity index (χ1n) is 9.10. The summed E-state index contributed by atoms with van der Waals surface area (Å²) in [6.07, 6.45) is 1.36. The number of benzene rings is 1. The second-order valence-corrected chi connectivity index (χ2v) is 6.58. The molecular weight excluding hydrogens is 376 g/mol. The molecule has 1 aromatic carbocycles. The van der Waals surface area contributed by atoms with Crippen LogP contribution in [0.15, 0.2) is 63.3 Å². The molecule has 0 radical (unpaired) electrons. The quantitative estimate of drug-likeness (QED) is 0.315. The molecule has 0 saturated carbocycles. The van der Waals surface area contributed by atoms with E-state index >= 15 is 0 Å². The number of carbonyl (C=O) groups is 2. The van der Waals surface area contributed by atoms with E-state index in [0.29, 0.717) is 11.4 Å². The fourth-order valence-corrected chi connectivity index (χ4v) is 3.66. The highest BCUT2D eigenvalue weighted by Crippen LogP contribution is 2.43. The Morgan fingerprint density at radius 3 is 2.55 bits per heavy atom. The van der Waals surface area contributed by atoms with E-state index in [2.05, 4.69) is 4.99 Å². The van der Waals surface area contributed by atoms with Gasteiger partial charge in [0.2, 0.25) is 5.78 Å². The molecule has 0 bridgehead atoms. The molecule has 0 fully saturated rings. The lowest BCUT2D eigenvalue weighted by molar-refractivity contribution is -0.385. The minimum absolute atomic E-state index is 0.0697. The lowest BCUT2D eigenvalue weighted by Gasteiger charge is -2.31. The van der Waals surface area contributed by atoms with E-state index in [4.69, 9.17) is 9.15 Å². The zero-order valence-corrected chi connectivity index (χ0v) is 16.2. The molecule has 0 saturated heterocycles. The molecule has 0 aliphatic carbocycles. The van der Waals surface area contributed by atoms with Crippen LogP contribution >= 0.6 is 0 Å². The van der Waals surface area contributed by atoms with E-state index < -0.39 is 28.5 Å². The number of rotatable bonds is 6. The van der Waals surface area contributed by atoms with Gasteiger partial charge in [0, 0.05) is 34.5 Å². The number of nitro groups is 1. The molecule has 3 rings (SSSR count). The number of para-hydroxylation sites is 1. The first kappa shape index (κ1) is 20.2. The Balaban J connectivity index is 2.26. The van der Waals surface area contributed by atoms with E-state index in [-0.39, 0.29) is 29.2 Å². The zero-order chi connectivity index (χ0) is 21.1. The number of aliphatic imine (C=N–C) groups is 1. The topological polar surface area (TPSA) is 112 Å². The summed E-state index contributed by atoms with van der Waals surface area (Å²) < 4.78 is 10.5. The Hall–Kier alpha value is -3.55. The molecule has 2 aromatic rings. The number of hydrogen-bond donors (Lipinski definition) is 0. The van der Waals surface area contributed by atoms with Crippen molar-refractivity contribution in [2.24, 2.45) is 10.9 Å². The number of Topliss-reactive ketones (excluding diaryl/α,β-unsaturated/α-hetero) is 1. The van der Waals surface area contributed by atoms with Crippen molar-refractivity contribution in [2.45, 2.75) is 26.7 Å². The van der Waals surface area contributed by atoms with Crippen LogP contribution in [0.1, 0.15) is 42.8 Å². The monoisotopic (exact) mass is 396 g/mol. The van der Waals surface area contributed by atoms with Gasteiger partial charge in [0.15, 0.2) is 5.76 Å². The molecule has 2 atom stereocenters. The number of nitro benzene ring substituents is 1. The van der Waals surface area contributed by atoms with Crippen LogP contribution in [0.4, 0.5) is 5.69 Å². The van der Waals surface area contributed by atoms with Gasteiger partial charge in [-0.25, -0.2) is 0 Å². The largest absolute Gasteiger partial charge is 0.465 e. The normalized spacial score (nSPS) is 18.9. The predicted molar refractivity (Wildman–Crippen MR) is 105 cm³/mol. The van der Waals surface area contributed by atoms with Gasteiger partial charge in [0.05, 0.1) is 17.8 Å². The van der Waals surface area contributed by atoms with Crippen LogP contribution in [0.2, 0.25) is 0 Å². The summed E-state index contributed by atoms with van der Waals surface area (Å²) in [5.74, 6) is -2.88. The summed E-state index contributed by atoms with van der Waals surface area (Å²) in [7, 11) is 0. The highest BCUT2D eigenvalue weighted by atomic mass is 16.6. The van der Waals surface area contributed by atoms with E-state index in [9.17, 15) is 19.7 Å². The highest BCUT2D eigenvalue weighted by molar-refractivity contribution is 6.13. The van der Waals surface area contributed by atoms with Crippen LogP contribution in [0.25, 0.3) is 0 Å². The zero-order valence-electron chi connectivity index (χ0n) is 16.2. The fraction of sp³-hybridized carbons (Fsp3) is 0.286. The average Bonchev–Trinajstić information content (AvgIpc) is 3.22. The number of ketones is 1. The third kappa shape index (κ3) is 3.73. The van der Waals surface area contributed by atoms with Crippen LogP contribution in [0, 0.1) is 16.0 Å². The highest BCUT2D eigenvalue weighted by Gasteiger charge is 2.44. The lowest BCUT2D eigenvalue weighted by atomic mass is 9.73. The molecule has 0 N–H and O–H groups in total. The van der Waals surface area contributed by atoms with Crippen molar-refractivity contribution in [3.8, 4) is 0 Å². The minimum Gasteiger partial charge on any atom is -0.465 e. The van der Waals surface area contributed by atoms with Crippen molar-refractivity contribution < 1.29 is 23.7 Å². The van der Waals surface area contributed by atoms with E-state index in [1.807, 2.05) is 0 Å². The van der Waals surface area contributed by atoms with Crippen LogP contribution in [0.3, 0.4) is 0 Å². The number of carbonyl (C=O) groups excluding carboxylic acids is 2. The Kier molecular flexibility index (Phi) is 5.72. The van der Waals surface area contributed by atoms with Gasteiger partial charge in [-0.15, -0.1) is 0 Å². The molecule has 1 aliphatic heterocycles. The van der Waals surface area contributed by atoms with Crippen molar-refractivity contribution in [2.75, 3.05) is 6.61 Å². The van der Waals surface area contributed by atoms with Crippen LogP contribution in [-0.4, -0.2) is 29.0 Å². The van der Waals surface area contributed by atoms with Gasteiger partial charge >= 0.3 is 5.97 Å². The molecule has 8 heteroatoms. The van der Waals surface area contributed by atoms with E-state index in [1.165, 1.54) is 24.5 Å². The van der Waals surface area contributed by atoms with Gasteiger partial charge < -0.3 is 9.15 Å². The summed E-state index contributed by atoms with van der Waals surface area (Å²) >= 11 is 0. The number of ether oxygens (including phenoxy) is 1. The van der Waals surface area contributed by atoms with Gasteiger partial charge in [0.25, 0.3) is 5.69 Å². The molecule has 1 aliphatic rings. The molecule has 8 nitrogen and oxygen atoms in total. The van der Waals surface area contributed by atoms with Crippen LogP contribution < -0.4 is 0 Å². The summed E-state index contributed by atoms with van der Waals surface area (Å²) in [4.78, 5) is 41.6. The number of esters is 1.